The maximum absolute atomic E-state index is 6.18. The molecule has 0 radical (unpaired) electrons. The van der Waals surface area contributed by atoms with Crippen molar-refractivity contribution in [3.05, 3.63) is 22.8 Å². The van der Waals surface area contributed by atoms with Crippen LogP contribution in [0, 0.1) is 5.92 Å². The predicted octanol–water partition coefficient (Wildman–Crippen LogP) is 4.19. The van der Waals surface area contributed by atoms with Crippen molar-refractivity contribution in [1.29, 1.82) is 0 Å². The summed E-state index contributed by atoms with van der Waals surface area (Å²) in [7, 11) is 0. The number of nitrogens with zero attached hydrogens (tertiary/aromatic N) is 1. The van der Waals surface area contributed by atoms with Gasteiger partial charge in [-0.25, -0.2) is 4.98 Å². The summed E-state index contributed by atoms with van der Waals surface area (Å²) in [6, 6.07) is 4.17. The Labute approximate surface area is 127 Å². The van der Waals surface area contributed by atoms with Gasteiger partial charge in [-0.1, -0.05) is 32.4 Å². The van der Waals surface area contributed by atoms with Gasteiger partial charge in [-0.15, -0.1) is 0 Å². The SMILES string of the molecule is CC1CCC(Oc2ccc(Cl)c(CNC(C)C)n2)CC1. The number of aromatic nitrogens is 1. The smallest absolute Gasteiger partial charge is 0.213 e. The van der Waals surface area contributed by atoms with E-state index < -0.39 is 0 Å². The van der Waals surface area contributed by atoms with Crippen LogP contribution in [0.2, 0.25) is 5.02 Å². The number of nitrogens with one attached hydrogen (secondary N) is 1. The molecule has 0 saturated heterocycles. The lowest BCUT2D eigenvalue weighted by Crippen LogP contribution is -2.24. The summed E-state index contributed by atoms with van der Waals surface area (Å²) in [6.07, 6.45) is 5.07. The summed E-state index contributed by atoms with van der Waals surface area (Å²) in [4.78, 5) is 4.54. The van der Waals surface area contributed by atoms with Gasteiger partial charge in [0.25, 0.3) is 0 Å². The summed E-state index contributed by atoms with van der Waals surface area (Å²) >= 11 is 6.18. The van der Waals surface area contributed by atoms with Crippen LogP contribution in [0.3, 0.4) is 0 Å². The average Bonchev–Trinajstić information content (AvgIpc) is 2.42. The highest BCUT2D eigenvalue weighted by Crippen LogP contribution is 2.27. The van der Waals surface area contributed by atoms with Gasteiger partial charge in [0.2, 0.25) is 5.88 Å². The number of ether oxygens (including phenoxy) is 1. The largest absolute Gasteiger partial charge is 0.474 e. The van der Waals surface area contributed by atoms with Crippen molar-refractivity contribution in [2.75, 3.05) is 0 Å². The van der Waals surface area contributed by atoms with Crippen molar-refractivity contribution in [3.8, 4) is 5.88 Å². The predicted molar refractivity (Wildman–Crippen MR) is 83.3 cm³/mol. The number of halogens is 1. The van der Waals surface area contributed by atoms with Crippen LogP contribution in [-0.2, 0) is 6.54 Å². The second-order valence-corrected chi connectivity index (χ2v) is 6.52. The molecule has 0 atom stereocenters. The van der Waals surface area contributed by atoms with E-state index in [-0.39, 0.29) is 0 Å². The molecule has 1 aromatic heterocycles. The topological polar surface area (TPSA) is 34.1 Å². The van der Waals surface area contributed by atoms with Gasteiger partial charge in [0.1, 0.15) is 6.10 Å². The molecule has 1 fully saturated rings. The first-order valence-corrected chi connectivity index (χ1v) is 7.98. The normalized spacial score (nSPS) is 23.1. The lowest BCUT2D eigenvalue weighted by molar-refractivity contribution is 0.130. The quantitative estimate of drug-likeness (QED) is 0.884. The molecule has 0 aliphatic heterocycles. The minimum Gasteiger partial charge on any atom is -0.474 e. The molecule has 3 nitrogen and oxygen atoms in total. The second-order valence-electron chi connectivity index (χ2n) is 6.11. The Morgan fingerprint density at radius 3 is 2.65 bits per heavy atom. The lowest BCUT2D eigenvalue weighted by Gasteiger charge is -2.26. The van der Waals surface area contributed by atoms with Crippen molar-refractivity contribution < 1.29 is 4.74 Å². The van der Waals surface area contributed by atoms with E-state index in [1.54, 1.807) is 0 Å². The third kappa shape index (κ3) is 4.64. The van der Waals surface area contributed by atoms with Gasteiger partial charge in [0.05, 0.1) is 10.7 Å². The highest BCUT2D eigenvalue weighted by molar-refractivity contribution is 6.31. The van der Waals surface area contributed by atoms with Crippen LogP contribution < -0.4 is 10.1 Å². The van der Waals surface area contributed by atoms with E-state index in [2.05, 4.69) is 31.1 Å². The maximum atomic E-state index is 6.18. The van der Waals surface area contributed by atoms with E-state index in [0.29, 0.717) is 29.6 Å². The van der Waals surface area contributed by atoms with Crippen LogP contribution >= 0.6 is 11.6 Å². The molecule has 112 valence electrons. The summed E-state index contributed by atoms with van der Waals surface area (Å²) in [5, 5.41) is 4.03. The Hall–Kier alpha value is -0.800. The Kier molecular flexibility index (Phi) is 5.67. The van der Waals surface area contributed by atoms with Gasteiger partial charge in [-0.05, 0) is 37.7 Å². The maximum Gasteiger partial charge on any atom is 0.213 e. The summed E-state index contributed by atoms with van der Waals surface area (Å²) < 4.78 is 6.01. The van der Waals surface area contributed by atoms with Crippen molar-refractivity contribution in [3.63, 3.8) is 0 Å². The molecule has 1 heterocycles. The fraction of sp³-hybridized carbons (Fsp3) is 0.688. The number of hydrogen-bond acceptors (Lipinski definition) is 3. The lowest BCUT2D eigenvalue weighted by atomic mass is 9.89. The molecule has 1 aromatic rings. The van der Waals surface area contributed by atoms with Gasteiger partial charge in [-0.2, -0.15) is 0 Å². The second kappa shape index (κ2) is 7.28. The van der Waals surface area contributed by atoms with Crippen LogP contribution in [0.5, 0.6) is 5.88 Å². The number of hydrogen-bond donors (Lipinski definition) is 1. The standard InChI is InChI=1S/C16H25ClN2O/c1-11(2)18-10-15-14(17)8-9-16(19-15)20-13-6-4-12(3)5-7-13/h8-9,11-13,18H,4-7,10H2,1-3H3. The first-order chi connectivity index (χ1) is 9.54. The molecule has 2 rings (SSSR count). The van der Waals surface area contributed by atoms with Crippen LogP contribution in [0.25, 0.3) is 0 Å². The van der Waals surface area contributed by atoms with Gasteiger partial charge in [0, 0.05) is 18.7 Å². The zero-order valence-electron chi connectivity index (χ0n) is 12.7. The third-order valence-electron chi connectivity index (χ3n) is 3.82. The van der Waals surface area contributed by atoms with Crippen molar-refractivity contribution in [1.82, 2.24) is 10.3 Å². The molecular formula is C16H25ClN2O. The highest BCUT2D eigenvalue weighted by atomic mass is 35.5. The van der Waals surface area contributed by atoms with Crippen molar-refractivity contribution in [2.24, 2.45) is 5.92 Å². The first-order valence-electron chi connectivity index (χ1n) is 7.60. The van der Waals surface area contributed by atoms with Crippen molar-refractivity contribution in [2.45, 2.75) is 65.1 Å². The molecule has 1 saturated carbocycles. The Morgan fingerprint density at radius 1 is 1.30 bits per heavy atom. The zero-order valence-corrected chi connectivity index (χ0v) is 13.4. The van der Waals surface area contributed by atoms with E-state index in [4.69, 9.17) is 16.3 Å². The van der Waals surface area contributed by atoms with Gasteiger partial charge in [0.15, 0.2) is 0 Å². The van der Waals surface area contributed by atoms with E-state index >= 15 is 0 Å². The summed E-state index contributed by atoms with van der Waals surface area (Å²) in [6.45, 7) is 7.21. The zero-order chi connectivity index (χ0) is 14.5. The van der Waals surface area contributed by atoms with E-state index in [1.165, 1.54) is 12.8 Å². The molecule has 0 unspecified atom stereocenters. The Balaban J connectivity index is 1.96. The average molecular weight is 297 g/mol. The van der Waals surface area contributed by atoms with Crippen LogP contribution in [0.4, 0.5) is 0 Å². The van der Waals surface area contributed by atoms with E-state index in [0.717, 1.165) is 24.5 Å². The Bertz CT molecular complexity index is 428. The van der Waals surface area contributed by atoms with Crippen LogP contribution in [-0.4, -0.2) is 17.1 Å². The number of rotatable bonds is 5. The molecule has 20 heavy (non-hydrogen) atoms. The first kappa shape index (κ1) is 15.6. The fourth-order valence-corrected chi connectivity index (χ4v) is 2.64. The third-order valence-corrected chi connectivity index (χ3v) is 4.17. The van der Waals surface area contributed by atoms with Crippen molar-refractivity contribution >= 4 is 11.6 Å². The molecular weight excluding hydrogens is 272 g/mol. The minimum absolute atomic E-state index is 0.311. The Morgan fingerprint density at radius 2 is 2.00 bits per heavy atom. The van der Waals surface area contributed by atoms with Gasteiger partial charge < -0.3 is 10.1 Å². The molecule has 1 aliphatic carbocycles. The molecule has 1 N–H and O–H groups in total. The van der Waals surface area contributed by atoms with Gasteiger partial charge in [-0.3, -0.25) is 0 Å². The molecule has 0 spiro atoms. The molecule has 0 bridgehead atoms. The van der Waals surface area contributed by atoms with Crippen LogP contribution in [0.15, 0.2) is 12.1 Å². The molecule has 0 aromatic carbocycles. The molecule has 1 aliphatic rings. The summed E-state index contributed by atoms with van der Waals surface area (Å²) in [5.41, 5.74) is 0.863. The van der Waals surface area contributed by atoms with Gasteiger partial charge >= 0.3 is 0 Å². The summed E-state index contributed by atoms with van der Waals surface area (Å²) in [5.74, 6) is 1.54. The molecule has 0 amide bonds. The van der Waals surface area contributed by atoms with E-state index in [1.807, 2.05) is 12.1 Å². The number of pyridine rings is 1. The van der Waals surface area contributed by atoms with E-state index in [9.17, 15) is 0 Å². The highest BCUT2D eigenvalue weighted by Gasteiger charge is 2.20. The monoisotopic (exact) mass is 296 g/mol. The molecule has 4 heteroatoms. The minimum atomic E-state index is 0.311. The van der Waals surface area contributed by atoms with Crippen LogP contribution in [0.1, 0.15) is 52.1 Å². The fourth-order valence-electron chi connectivity index (χ4n) is 2.47.